The van der Waals surface area contributed by atoms with Crippen LogP contribution < -0.4 is 10.6 Å². The number of rotatable bonds is 8. The summed E-state index contributed by atoms with van der Waals surface area (Å²) in [6, 6.07) is 13.9. The summed E-state index contributed by atoms with van der Waals surface area (Å²) in [6.07, 6.45) is -0.0475. The molecule has 0 saturated carbocycles. The van der Waals surface area contributed by atoms with Crippen molar-refractivity contribution < 1.29 is 29.3 Å². The number of ether oxygens (including phenoxy) is 1. The minimum atomic E-state index is -2.28. The molecule has 31 heavy (non-hydrogen) atoms. The second kappa shape index (κ2) is 10.1. The molecule has 2 aromatic carbocycles. The summed E-state index contributed by atoms with van der Waals surface area (Å²) >= 11 is 0. The molecule has 0 aliphatic carbocycles. The number of aliphatic hydroxyl groups is 1. The summed E-state index contributed by atoms with van der Waals surface area (Å²) in [5.41, 5.74) is -2.39. The largest absolute Gasteiger partial charge is 0.479 e. The zero-order valence-corrected chi connectivity index (χ0v) is 17.8. The lowest BCUT2D eigenvalue weighted by Gasteiger charge is -2.25. The van der Waals surface area contributed by atoms with Crippen LogP contribution in [0.25, 0.3) is 0 Å². The minimum absolute atomic E-state index is 0.0745. The summed E-state index contributed by atoms with van der Waals surface area (Å²) in [5, 5.41) is 25.9. The predicted octanol–water partition coefficient (Wildman–Crippen LogP) is 2.65. The highest BCUT2D eigenvalue weighted by Crippen LogP contribution is 2.30. The Labute approximate surface area is 181 Å². The number of nitrogens with one attached hydrogen (secondary N) is 2. The van der Waals surface area contributed by atoms with Gasteiger partial charge in [-0.05, 0) is 44.9 Å². The third-order valence-corrected chi connectivity index (χ3v) is 4.35. The molecule has 4 N–H and O–H groups in total. The van der Waals surface area contributed by atoms with Crippen molar-refractivity contribution in [3.63, 3.8) is 0 Å². The molecular weight excluding hydrogens is 400 g/mol. The van der Waals surface area contributed by atoms with Crippen LogP contribution in [0.15, 0.2) is 54.6 Å². The Kier molecular flexibility index (Phi) is 7.77. The number of carboxylic acid groups (broad SMARTS) is 1. The van der Waals surface area contributed by atoms with Gasteiger partial charge >= 0.3 is 12.1 Å². The van der Waals surface area contributed by atoms with E-state index in [0.29, 0.717) is 19.5 Å². The monoisotopic (exact) mass is 428 g/mol. The number of hydrogen-bond donors (Lipinski definition) is 4. The van der Waals surface area contributed by atoms with Gasteiger partial charge in [-0.25, -0.2) is 9.59 Å². The van der Waals surface area contributed by atoms with Gasteiger partial charge in [-0.1, -0.05) is 42.5 Å². The van der Waals surface area contributed by atoms with E-state index in [9.17, 15) is 24.6 Å². The van der Waals surface area contributed by atoms with Crippen molar-refractivity contribution in [1.29, 1.82) is 0 Å². The number of carbonyl (C=O) groups excluding carboxylic acids is 2. The number of hydrogen-bond acceptors (Lipinski definition) is 5. The summed E-state index contributed by atoms with van der Waals surface area (Å²) in [7, 11) is 0. The molecular formula is C23H28N2O6. The Morgan fingerprint density at radius 3 is 2.13 bits per heavy atom. The van der Waals surface area contributed by atoms with E-state index >= 15 is 0 Å². The number of benzene rings is 2. The van der Waals surface area contributed by atoms with Gasteiger partial charge in [0.15, 0.2) is 0 Å². The standard InChI is InChI=1S/C23H28N2O6/c1-22(2,3)31-21(29)25-14-8-13-24-19(26)16-9-7-12-18(15-16)23(30,20(27)28)17-10-5-4-6-11-17/h4-7,9-12,15,30H,8,13-14H2,1-3H3,(H,24,26)(H,25,29)(H,27,28). The van der Waals surface area contributed by atoms with Crippen molar-refractivity contribution in [3.05, 3.63) is 71.3 Å². The normalized spacial score (nSPS) is 13.0. The molecule has 1 unspecified atom stereocenters. The summed E-state index contributed by atoms with van der Waals surface area (Å²) in [6.45, 7) is 5.92. The topological polar surface area (TPSA) is 125 Å². The van der Waals surface area contributed by atoms with Crippen molar-refractivity contribution in [1.82, 2.24) is 10.6 Å². The van der Waals surface area contributed by atoms with E-state index in [1.165, 1.54) is 36.4 Å². The first-order valence-electron chi connectivity index (χ1n) is 9.91. The van der Waals surface area contributed by atoms with Gasteiger partial charge in [-0.15, -0.1) is 0 Å². The Hall–Kier alpha value is -3.39. The number of carbonyl (C=O) groups is 3. The van der Waals surface area contributed by atoms with Crippen LogP contribution in [0.3, 0.4) is 0 Å². The molecule has 0 heterocycles. The Morgan fingerprint density at radius 1 is 0.903 bits per heavy atom. The van der Waals surface area contributed by atoms with Gasteiger partial charge in [-0.3, -0.25) is 4.79 Å². The smallest absolute Gasteiger partial charge is 0.407 e. The van der Waals surface area contributed by atoms with Crippen LogP contribution in [0.4, 0.5) is 4.79 Å². The lowest BCUT2D eigenvalue weighted by atomic mass is 9.85. The molecule has 2 amide bonds. The zero-order valence-electron chi connectivity index (χ0n) is 17.8. The molecule has 0 aliphatic rings. The van der Waals surface area contributed by atoms with Crippen LogP contribution in [0, 0.1) is 0 Å². The van der Waals surface area contributed by atoms with Gasteiger partial charge in [0.1, 0.15) is 5.60 Å². The number of amides is 2. The molecule has 2 aromatic rings. The summed E-state index contributed by atoms with van der Waals surface area (Å²) in [5.74, 6) is -1.86. The van der Waals surface area contributed by atoms with Gasteiger partial charge in [0, 0.05) is 24.2 Å². The fourth-order valence-corrected chi connectivity index (χ4v) is 2.88. The van der Waals surface area contributed by atoms with Crippen LogP contribution in [0.1, 0.15) is 48.7 Å². The highest BCUT2D eigenvalue weighted by atomic mass is 16.6. The molecule has 0 fully saturated rings. The average Bonchev–Trinajstić information content (AvgIpc) is 2.72. The SMILES string of the molecule is CC(C)(C)OC(=O)NCCCNC(=O)c1cccc(C(O)(C(=O)O)c2ccccc2)c1. The first kappa shape index (κ1) is 23.9. The van der Waals surface area contributed by atoms with Gasteiger partial charge in [0.05, 0.1) is 0 Å². The quantitative estimate of drug-likeness (QED) is 0.479. The van der Waals surface area contributed by atoms with Gasteiger partial charge < -0.3 is 25.6 Å². The Balaban J connectivity index is 1.99. The average molecular weight is 428 g/mol. The fourth-order valence-electron chi connectivity index (χ4n) is 2.88. The summed E-state index contributed by atoms with van der Waals surface area (Å²) < 4.78 is 5.13. The fraction of sp³-hybridized carbons (Fsp3) is 0.348. The maximum Gasteiger partial charge on any atom is 0.407 e. The van der Waals surface area contributed by atoms with Crippen LogP contribution in [-0.2, 0) is 15.1 Å². The number of alkyl carbamates (subject to hydrolysis) is 1. The minimum Gasteiger partial charge on any atom is -0.479 e. The van der Waals surface area contributed by atoms with E-state index in [2.05, 4.69) is 10.6 Å². The van der Waals surface area contributed by atoms with Gasteiger partial charge in [0.25, 0.3) is 5.91 Å². The first-order chi connectivity index (χ1) is 14.5. The number of carboxylic acids is 1. The molecule has 0 aliphatic heterocycles. The van der Waals surface area contributed by atoms with E-state index in [0.717, 1.165) is 0 Å². The molecule has 1 atom stereocenters. The third kappa shape index (κ3) is 6.55. The van der Waals surface area contributed by atoms with E-state index < -0.39 is 29.2 Å². The van der Waals surface area contributed by atoms with Crippen molar-refractivity contribution in [3.8, 4) is 0 Å². The molecule has 8 heteroatoms. The molecule has 8 nitrogen and oxygen atoms in total. The predicted molar refractivity (Wildman–Crippen MR) is 115 cm³/mol. The van der Waals surface area contributed by atoms with Crippen molar-refractivity contribution in [2.45, 2.75) is 38.4 Å². The van der Waals surface area contributed by atoms with Crippen molar-refractivity contribution in [2.75, 3.05) is 13.1 Å². The maximum absolute atomic E-state index is 12.5. The molecule has 166 valence electrons. The second-order valence-electron chi connectivity index (χ2n) is 8.00. The van der Waals surface area contributed by atoms with Crippen LogP contribution in [-0.4, -0.2) is 46.9 Å². The van der Waals surface area contributed by atoms with Gasteiger partial charge in [0.2, 0.25) is 5.60 Å². The molecule has 2 rings (SSSR count). The van der Waals surface area contributed by atoms with E-state index in [4.69, 9.17) is 4.74 Å². The van der Waals surface area contributed by atoms with E-state index in [-0.39, 0.29) is 16.7 Å². The zero-order chi connectivity index (χ0) is 23.1. The Morgan fingerprint density at radius 2 is 1.52 bits per heavy atom. The maximum atomic E-state index is 12.5. The number of aliphatic carboxylic acids is 1. The van der Waals surface area contributed by atoms with Crippen LogP contribution >= 0.6 is 0 Å². The lowest BCUT2D eigenvalue weighted by Crippen LogP contribution is -2.37. The van der Waals surface area contributed by atoms with E-state index in [1.807, 2.05) is 0 Å². The second-order valence-corrected chi connectivity index (χ2v) is 8.00. The molecule has 0 saturated heterocycles. The van der Waals surface area contributed by atoms with Crippen molar-refractivity contribution >= 4 is 18.0 Å². The summed E-state index contributed by atoms with van der Waals surface area (Å²) in [4.78, 5) is 35.9. The van der Waals surface area contributed by atoms with Crippen molar-refractivity contribution in [2.24, 2.45) is 0 Å². The molecule has 0 spiro atoms. The molecule has 0 bridgehead atoms. The third-order valence-electron chi connectivity index (χ3n) is 4.35. The molecule has 0 aromatic heterocycles. The highest BCUT2D eigenvalue weighted by molar-refractivity contribution is 5.95. The first-order valence-corrected chi connectivity index (χ1v) is 9.91. The van der Waals surface area contributed by atoms with Crippen LogP contribution in [0.2, 0.25) is 0 Å². The van der Waals surface area contributed by atoms with Gasteiger partial charge in [-0.2, -0.15) is 0 Å². The lowest BCUT2D eigenvalue weighted by molar-refractivity contribution is -0.155. The van der Waals surface area contributed by atoms with E-state index in [1.54, 1.807) is 39.0 Å². The Bertz CT molecular complexity index is 923. The molecule has 0 radical (unpaired) electrons. The highest BCUT2D eigenvalue weighted by Gasteiger charge is 2.40. The van der Waals surface area contributed by atoms with Crippen LogP contribution in [0.5, 0.6) is 0 Å².